The van der Waals surface area contributed by atoms with Gasteiger partial charge in [0.25, 0.3) is 0 Å². The Balaban J connectivity index is 2.25. The number of esters is 2. The van der Waals surface area contributed by atoms with Crippen LogP contribution in [0.3, 0.4) is 0 Å². The van der Waals surface area contributed by atoms with Crippen LogP contribution in [0.2, 0.25) is 0 Å². The maximum atomic E-state index is 13.7. The Kier molecular flexibility index (Phi) is 9.49. The Hall–Kier alpha value is -4.32. The van der Waals surface area contributed by atoms with Crippen LogP contribution >= 0.6 is 0 Å². The molecule has 1 saturated heterocycles. The van der Waals surface area contributed by atoms with Crippen molar-refractivity contribution >= 4 is 17.7 Å². The van der Waals surface area contributed by atoms with Gasteiger partial charge in [-0.1, -0.05) is 13.0 Å². The minimum absolute atomic E-state index is 0.0379. The van der Waals surface area contributed by atoms with Gasteiger partial charge in [0.15, 0.2) is 29.3 Å². The normalized spacial score (nSPS) is 21.3. The Morgan fingerprint density at radius 2 is 1.49 bits per heavy atom. The number of carbonyl (C=O) groups is 2. The highest BCUT2D eigenvalue weighted by molar-refractivity contribution is 6.06. The number of rotatable bonds is 10. The number of hydrogen-bond acceptors (Lipinski definition) is 12. The van der Waals surface area contributed by atoms with Crippen LogP contribution in [0.4, 0.5) is 0 Å². The van der Waals surface area contributed by atoms with Crippen molar-refractivity contribution in [3.05, 3.63) is 40.5 Å². The smallest absolute Gasteiger partial charge is 0.338 e. The molecular formula is C31H38O12. The summed E-state index contributed by atoms with van der Waals surface area (Å²) in [5.41, 5.74) is -1.04. The molecule has 1 aliphatic heterocycles. The summed E-state index contributed by atoms with van der Waals surface area (Å²) in [6, 6.07) is 5.07. The second kappa shape index (κ2) is 12.9. The molecule has 3 atom stereocenters. The summed E-state index contributed by atoms with van der Waals surface area (Å²) in [6.45, 7) is 2.20. The van der Waals surface area contributed by atoms with Crippen molar-refractivity contribution in [3.63, 3.8) is 0 Å². The van der Waals surface area contributed by atoms with E-state index in [0.29, 0.717) is 30.1 Å². The van der Waals surface area contributed by atoms with Crippen LogP contribution < -0.4 is 28.4 Å². The van der Waals surface area contributed by atoms with E-state index >= 15 is 0 Å². The van der Waals surface area contributed by atoms with E-state index in [1.807, 2.05) is 0 Å². The Morgan fingerprint density at radius 3 is 2.02 bits per heavy atom. The van der Waals surface area contributed by atoms with Gasteiger partial charge in [-0.05, 0) is 30.5 Å². The van der Waals surface area contributed by atoms with Gasteiger partial charge in [-0.3, -0.25) is 4.79 Å². The Bertz CT molecular complexity index is 1410. The lowest BCUT2D eigenvalue weighted by Crippen LogP contribution is -2.46. The minimum Gasteiger partial charge on any atom is -0.507 e. The van der Waals surface area contributed by atoms with Gasteiger partial charge >= 0.3 is 11.9 Å². The third-order valence-electron chi connectivity index (χ3n) is 8.03. The summed E-state index contributed by atoms with van der Waals surface area (Å²) in [4.78, 5) is 27.2. The molecule has 0 aromatic heterocycles. The number of methoxy groups -OCH3 is 7. The zero-order valence-corrected chi connectivity index (χ0v) is 25.7. The molecule has 0 amide bonds. The van der Waals surface area contributed by atoms with Crippen LogP contribution in [-0.4, -0.2) is 79.7 Å². The second-order valence-electron chi connectivity index (χ2n) is 10.1. The lowest BCUT2D eigenvalue weighted by atomic mass is 9.59. The topological polar surface area (TPSA) is 137 Å². The van der Waals surface area contributed by atoms with E-state index in [1.165, 1.54) is 42.7 Å². The molecule has 2 aliphatic rings. The van der Waals surface area contributed by atoms with Crippen molar-refractivity contribution in [2.75, 3.05) is 56.4 Å². The zero-order chi connectivity index (χ0) is 31.5. The fraction of sp³-hybridized carbons (Fsp3) is 0.484. The van der Waals surface area contributed by atoms with Crippen molar-refractivity contribution < 1.29 is 57.3 Å². The highest BCUT2D eigenvalue weighted by Crippen LogP contribution is 2.62. The van der Waals surface area contributed by atoms with Crippen molar-refractivity contribution in [2.45, 2.75) is 37.9 Å². The molecule has 12 nitrogen and oxygen atoms in total. The van der Waals surface area contributed by atoms with E-state index in [9.17, 15) is 14.7 Å². The van der Waals surface area contributed by atoms with E-state index in [1.54, 1.807) is 25.1 Å². The molecular weight excluding hydrogens is 564 g/mol. The van der Waals surface area contributed by atoms with Gasteiger partial charge in [-0.25, -0.2) is 4.79 Å². The fourth-order valence-electron chi connectivity index (χ4n) is 5.97. The summed E-state index contributed by atoms with van der Waals surface area (Å²) in [5, 5.41) is 12.0. The summed E-state index contributed by atoms with van der Waals surface area (Å²) in [5.74, 6) is -2.57. The predicted molar refractivity (Wildman–Crippen MR) is 153 cm³/mol. The Morgan fingerprint density at radius 1 is 0.837 bits per heavy atom. The molecule has 12 heteroatoms. The zero-order valence-electron chi connectivity index (χ0n) is 25.7. The van der Waals surface area contributed by atoms with E-state index in [2.05, 4.69) is 0 Å². The van der Waals surface area contributed by atoms with Crippen molar-refractivity contribution in [3.8, 4) is 34.5 Å². The van der Waals surface area contributed by atoms with Crippen LogP contribution in [0.5, 0.6) is 34.5 Å². The molecule has 2 aromatic carbocycles. The molecule has 0 saturated carbocycles. The van der Waals surface area contributed by atoms with E-state index < -0.39 is 35.3 Å². The summed E-state index contributed by atoms with van der Waals surface area (Å²) in [7, 11) is 9.58. The molecule has 3 unspecified atom stereocenters. The second-order valence-corrected chi connectivity index (χ2v) is 10.1. The monoisotopic (exact) mass is 602 g/mol. The largest absolute Gasteiger partial charge is 0.507 e. The standard InChI is InChI=1S/C31H38O12/c1-31(16-12-13-17(35-2)18(15-16)36-3)22-20(24(32)21(29(33)40-7)23(31)30(34)41-8)25(43-19-11-9-10-14-42-19)27(38-5)28(39-6)26(22)37-4/h12-13,15,19,23,32H,9-11,14H2,1-8H3. The van der Waals surface area contributed by atoms with E-state index in [4.69, 9.17) is 42.6 Å². The molecule has 1 fully saturated rings. The summed E-state index contributed by atoms with van der Waals surface area (Å²) in [6.07, 6.45) is 1.60. The average molecular weight is 603 g/mol. The van der Waals surface area contributed by atoms with Gasteiger partial charge in [0.05, 0.1) is 67.5 Å². The van der Waals surface area contributed by atoms with Gasteiger partial charge in [0.2, 0.25) is 11.5 Å². The average Bonchev–Trinajstić information content (AvgIpc) is 3.04. The summed E-state index contributed by atoms with van der Waals surface area (Å²) < 4.78 is 51.1. The third-order valence-corrected chi connectivity index (χ3v) is 8.03. The van der Waals surface area contributed by atoms with Crippen LogP contribution in [0, 0.1) is 5.92 Å². The number of benzene rings is 2. The maximum absolute atomic E-state index is 13.7. The lowest BCUT2D eigenvalue weighted by molar-refractivity contribution is -0.149. The van der Waals surface area contributed by atoms with Crippen molar-refractivity contribution in [2.24, 2.45) is 5.92 Å². The number of fused-ring (bicyclic) bond motifs is 1. The molecule has 0 spiro atoms. The van der Waals surface area contributed by atoms with Gasteiger partial charge < -0.3 is 47.7 Å². The Labute approximate surface area is 250 Å². The first-order chi connectivity index (χ1) is 20.7. The van der Waals surface area contributed by atoms with Crippen LogP contribution in [0.1, 0.15) is 42.9 Å². The SMILES string of the molecule is COC(=O)C1=C(O)c2c(OC3CCCCO3)c(OC)c(OC)c(OC)c2C(C)(c2ccc(OC)c(OC)c2)C1C(=O)OC. The van der Waals surface area contributed by atoms with Crippen LogP contribution in [-0.2, 0) is 29.2 Å². The molecule has 43 heavy (non-hydrogen) atoms. The van der Waals surface area contributed by atoms with Crippen molar-refractivity contribution in [1.82, 2.24) is 0 Å². The first-order valence-electron chi connectivity index (χ1n) is 13.6. The highest BCUT2D eigenvalue weighted by Gasteiger charge is 2.56. The number of carbonyl (C=O) groups excluding carboxylic acids is 2. The van der Waals surface area contributed by atoms with E-state index in [0.717, 1.165) is 20.0 Å². The maximum Gasteiger partial charge on any atom is 0.338 e. The number of aliphatic hydroxyl groups is 1. The number of hydrogen-bond donors (Lipinski definition) is 1. The summed E-state index contributed by atoms with van der Waals surface area (Å²) >= 11 is 0. The minimum atomic E-state index is -1.49. The van der Waals surface area contributed by atoms with Gasteiger partial charge in [0, 0.05) is 17.4 Å². The molecule has 4 rings (SSSR count). The van der Waals surface area contributed by atoms with Crippen molar-refractivity contribution in [1.29, 1.82) is 0 Å². The first kappa shape index (κ1) is 31.6. The molecule has 0 bridgehead atoms. The molecule has 0 radical (unpaired) electrons. The van der Waals surface area contributed by atoms with Crippen LogP contribution in [0.15, 0.2) is 23.8 Å². The van der Waals surface area contributed by atoms with Gasteiger partial charge in [-0.15, -0.1) is 0 Å². The number of aliphatic hydroxyl groups excluding tert-OH is 1. The molecule has 1 N–H and O–H groups in total. The molecule has 1 aliphatic carbocycles. The first-order valence-corrected chi connectivity index (χ1v) is 13.6. The third kappa shape index (κ3) is 5.13. The quantitative estimate of drug-likeness (QED) is 0.391. The number of ether oxygens (including phenoxy) is 9. The molecule has 1 heterocycles. The molecule has 234 valence electrons. The highest BCUT2D eigenvalue weighted by atomic mass is 16.7. The predicted octanol–water partition coefficient (Wildman–Crippen LogP) is 4.19. The fourth-order valence-corrected chi connectivity index (χ4v) is 5.97. The lowest BCUT2D eigenvalue weighted by Gasteiger charge is -2.43. The van der Waals surface area contributed by atoms with Gasteiger partial charge in [-0.2, -0.15) is 0 Å². The van der Waals surface area contributed by atoms with Crippen LogP contribution in [0.25, 0.3) is 5.76 Å². The van der Waals surface area contributed by atoms with E-state index in [-0.39, 0.29) is 39.7 Å². The van der Waals surface area contributed by atoms with Gasteiger partial charge in [0.1, 0.15) is 11.7 Å². The molecule has 2 aromatic rings.